The molecule has 0 bridgehead atoms. The van der Waals surface area contributed by atoms with Crippen LogP contribution in [-0.4, -0.2) is 32.8 Å². The summed E-state index contributed by atoms with van der Waals surface area (Å²) < 4.78 is 2.01. The zero-order valence-electron chi connectivity index (χ0n) is 9.24. The number of aryl methyl sites for hydroxylation is 1. The molecule has 1 heterocycles. The maximum Gasteiger partial charge on any atom is 0.146 e. The summed E-state index contributed by atoms with van der Waals surface area (Å²) in [4.78, 5) is 0. The Morgan fingerprint density at radius 1 is 1.50 bits per heavy atom. The van der Waals surface area contributed by atoms with Gasteiger partial charge in [0, 0.05) is 18.8 Å². The highest BCUT2D eigenvalue weighted by atomic mass is 32.2. The molecule has 4 nitrogen and oxygen atoms in total. The van der Waals surface area contributed by atoms with Crippen LogP contribution in [0.2, 0.25) is 0 Å². The first-order chi connectivity index (χ1) is 6.65. The quantitative estimate of drug-likeness (QED) is 0.793. The van der Waals surface area contributed by atoms with Crippen LogP contribution in [0.4, 0.5) is 0 Å². The van der Waals surface area contributed by atoms with Crippen LogP contribution >= 0.6 is 11.8 Å². The standard InChI is InChI=1S/C9H18N4S/c1-7(6-14-4)10-5-9-12-11-8(2)13(9)3/h7,10H,5-6H2,1-4H3. The Kier molecular flexibility index (Phi) is 4.41. The van der Waals surface area contributed by atoms with Crippen LogP contribution in [0.1, 0.15) is 18.6 Å². The molecule has 0 aliphatic carbocycles. The number of nitrogens with one attached hydrogen (secondary N) is 1. The number of aromatic nitrogens is 3. The Labute approximate surface area is 89.5 Å². The third-order valence-corrected chi connectivity index (χ3v) is 3.04. The lowest BCUT2D eigenvalue weighted by Crippen LogP contribution is -2.28. The smallest absolute Gasteiger partial charge is 0.146 e. The van der Waals surface area contributed by atoms with Gasteiger partial charge in [-0.2, -0.15) is 11.8 Å². The SMILES string of the molecule is CSCC(C)NCc1nnc(C)n1C. The van der Waals surface area contributed by atoms with Gasteiger partial charge >= 0.3 is 0 Å². The van der Waals surface area contributed by atoms with Crippen molar-refractivity contribution in [3.8, 4) is 0 Å². The highest BCUT2D eigenvalue weighted by Gasteiger charge is 2.06. The molecule has 1 N–H and O–H groups in total. The normalized spacial score (nSPS) is 13.1. The lowest BCUT2D eigenvalue weighted by molar-refractivity contribution is 0.565. The maximum absolute atomic E-state index is 4.09. The van der Waals surface area contributed by atoms with Crippen molar-refractivity contribution >= 4 is 11.8 Å². The zero-order valence-corrected chi connectivity index (χ0v) is 10.1. The Bertz CT molecular complexity index is 284. The first kappa shape index (κ1) is 11.5. The van der Waals surface area contributed by atoms with Crippen molar-refractivity contribution in [1.82, 2.24) is 20.1 Å². The molecule has 0 saturated heterocycles. The summed E-state index contributed by atoms with van der Waals surface area (Å²) >= 11 is 1.85. The number of hydrogen-bond acceptors (Lipinski definition) is 4. The zero-order chi connectivity index (χ0) is 10.6. The number of thioether (sulfide) groups is 1. The molecule has 0 radical (unpaired) electrons. The van der Waals surface area contributed by atoms with Crippen molar-refractivity contribution < 1.29 is 0 Å². The molecule has 80 valence electrons. The van der Waals surface area contributed by atoms with Gasteiger partial charge in [-0.3, -0.25) is 0 Å². The molecular formula is C9H18N4S. The average molecular weight is 214 g/mol. The summed E-state index contributed by atoms with van der Waals surface area (Å²) in [5.41, 5.74) is 0. The van der Waals surface area contributed by atoms with Gasteiger partial charge in [-0.15, -0.1) is 10.2 Å². The molecule has 1 aromatic rings. The summed E-state index contributed by atoms with van der Waals surface area (Å²) in [6.07, 6.45) is 2.12. The van der Waals surface area contributed by atoms with Gasteiger partial charge in [0.1, 0.15) is 11.6 Å². The summed E-state index contributed by atoms with van der Waals surface area (Å²) in [7, 11) is 1.99. The van der Waals surface area contributed by atoms with Gasteiger partial charge in [-0.1, -0.05) is 0 Å². The second kappa shape index (κ2) is 5.36. The van der Waals surface area contributed by atoms with Crippen molar-refractivity contribution in [2.45, 2.75) is 26.4 Å². The first-order valence-electron chi connectivity index (χ1n) is 4.72. The fraction of sp³-hybridized carbons (Fsp3) is 0.778. The Morgan fingerprint density at radius 2 is 2.21 bits per heavy atom. The summed E-state index contributed by atoms with van der Waals surface area (Å²) in [6.45, 7) is 4.93. The van der Waals surface area contributed by atoms with Crippen LogP contribution in [-0.2, 0) is 13.6 Å². The van der Waals surface area contributed by atoms with E-state index in [2.05, 4.69) is 28.7 Å². The van der Waals surface area contributed by atoms with Gasteiger partial charge in [-0.05, 0) is 20.1 Å². The average Bonchev–Trinajstić information content (AvgIpc) is 2.46. The van der Waals surface area contributed by atoms with E-state index in [1.54, 1.807) is 0 Å². The molecule has 0 fully saturated rings. The molecule has 0 saturated carbocycles. The second-order valence-corrected chi connectivity index (χ2v) is 4.37. The van der Waals surface area contributed by atoms with E-state index in [0.717, 1.165) is 23.9 Å². The first-order valence-corrected chi connectivity index (χ1v) is 6.11. The van der Waals surface area contributed by atoms with Gasteiger partial charge in [0.25, 0.3) is 0 Å². The van der Waals surface area contributed by atoms with E-state index in [9.17, 15) is 0 Å². The van der Waals surface area contributed by atoms with E-state index >= 15 is 0 Å². The van der Waals surface area contributed by atoms with Crippen molar-refractivity contribution in [2.24, 2.45) is 7.05 Å². The van der Waals surface area contributed by atoms with Crippen molar-refractivity contribution in [2.75, 3.05) is 12.0 Å². The second-order valence-electron chi connectivity index (χ2n) is 3.46. The van der Waals surface area contributed by atoms with E-state index < -0.39 is 0 Å². The predicted octanol–water partition coefficient (Wildman–Crippen LogP) is 0.965. The molecule has 0 spiro atoms. The van der Waals surface area contributed by atoms with Gasteiger partial charge < -0.3 is 9.88 Å². The fourth-order valence-electron chi connectivity index (χ4n) is 1.18. The minimum atomic E-state index is 0.516. The molecule has 14 heavy (non-hydrogen) atoms. The summed E-state index contributed by atoms with van der Waals surface area (Å²) in [6, 6.07) is 0.516. The Balaban J connectivity index is 2.41. The number of nitrogens with zero attached hydrogens (tertiary/aromatic N) is 3. The van der Waals surface area contributed by atoms with Crippen LogP contribution in [0, 0.1) is 6.92 Å². The number of rotatable bonds is 5. The van der Waals surface area contributed by atoms with Gasteiger partial charge in [-0.25, -0.2) is 0 Å². The van der Waals surface area contributed by atoms with Crippen LogP contribution in [0.3, 0.4) is 0 Å². The molecule has 5 heteroatoms. The van der Waals surface area contributed by atoms with E-state index in [-0.39, 0.29) is 0 Å². The van der Waals surface area contributed by atoms with Crippen LogP contribution < -0.4 is 5.32 Å². The molecule has 1 unspecified atom stereocenters. The molecule has 1 rings (SSSR count). The maximum atomic E-state index is 4.09. The van der Waals surface area contributed by atoms with Crippen LogP contribution in [0.25, 0.3) is 0 Å². The van der Waals surface area contributed by atoms with Gasteiger partial charge in [0.2, 0.25) is 0 Å². The Morgan fingerprint density at radius 3 is 2.71 bits per heavy atom. The van der Waals surface area contributed by atoms with E-state index in [1.807, 2.05) is 30.3 Å². The third-order valence-electron chi connectivity index (χ3n) is 2.21. The van der Waals surface area contributed by atoms with Crippen molar-refractivity contribution in [3.63, 3.8) is 0 Å². The monoisotopic (exact) mass is 214 g/mol. The molecule has 1 aromatic heterocycles. The summed E-state index contributed by atoms with van der Waals surface area (Å²) in [5.74, 6) is 3.08. The minimum absolute atomic E-state index is 0.516. The molecule has 0 amide bonds. The van der Waals surface area contributed by atoms with Gasteiger partial charge in [0.05, 0.1) is 6.54 Å². The predicted molar refractivity (Wildman–Crippen MR) is 60.4 cm³/mol. The van der Waals surface area contributed by atoms with Crippen molar-refractivity contribution in [1.29, 1.82) is 0 Å². The van der Waals surface area contributed by atoms with Crippen LogP contribution in [0.15, 0.2) is 0 Å². The van der Waals surface area contributed by atoms with E-state index in [1.165, 1.54) is 0 Å². The lowest BCUT2D eigenvalue weighted by atomic mass is 10.4. The van der Waals surface area contributed by atoms with Crippen LogP contribution in [0.5, 0.6) is 0 Å². The molecule has 0 aliphatic rings. The fourth-order valence-corrected chi connectivity index (χ4v) is 1.80. The third kappa shape index (κ3) is 2.99. The molecule has 0 aliphatic heterocycles. The summed E-state index contributed by atoms with van der Waals surface area (Å²) in [5, 5.41) is 11.5. The van der Waals surface area contributed by atoms with Gasteiger partial charge in [0.15, 0.2) is 0 Å². The highest BCUT2D eigenvalue weighted by Crippen LogP contribution is 2.00. The minimum Gasteiger partial charge on any atom is -0.317 e. The lowest BCUT2D eigenvalue weighted by Gasteiger charge is -2.11. The molecular weight excluding hydrogens is 196 g/mol. The largest absolute Gasteiger partial charge is 0.317 e. The number of hydrogen-bond donors (Lipinski definition) is 1. The van der Waals surface area contributed by atoms with E-state index in [4.69, 9.17) is 0 Å². The molecule has 0 aromatic carbocycles. The van der Waals surface area contributed by atoms with E-state index in [0.29, 0.717) is 6.04 Å². The Hall–Kier alpha value is -0.550. The highest BCUT2D eigenvalue weighted by molar-refractivity contribution is 7.98. The topological polar surface area (TPSA) is 42.7 Å². The molecule has 1 atom stereocenters. The van der Waals surface area contributed by atoms with Crippen molar-refractivity contribution in [3.05, 3.63) is 11.6 Å².